The van der Waals surface area contributed by atoms with E-state index < -0.39 is 0 Å². The largest absolute Gasteiger partial charge is 0.299 e. The highest BCUT2D eigenvalue weighted by molar-refractivity contribution is 5.81. The second kappa shape index (κ2) is 3.20. The van der Waals surface area contributed by atoms with Gasteiger partial charge in [0.25, 0.3) is 0 Å². The molecule has 0 spiro atoms. The lowest BCUT2D eigenvalue weighted by atomic mass is 9.66. The quantitative estimate of drug-likeness (QED) is 0.541. The van der Waals surface area contributed by atoms with Gasteiger partial charge in [-0.25, -0.2) is 0 Å². The Bertz CT molecular complexity index is 185. The summed E-state index contributed by atoms with van der Waals surface area (Å²) < 4.78 is 0. The number of hydrogen-bond acceptors (Lipinski definition) is 1. The Morgan fingerprint density at radius 2 is 1.92 bits per heavy atom. The van der Waals surface area contributed by atoms with Crippen LogP contribution < -0.4 is 0 Å². The van der Waals surface area contributed by atoms with Gasteiger partial charge in [-0.05, 0) is 24.7 Å². The fourth-order valence-corrected chi connectivity index (χ4v) is 3.05. The van der Waals surface area contributed by atoms with Gasteiger partial charge in [0.1, 0.15) is 5.78 Å². The predicted octanol–water partition coefficient (Wildman–Crippen LogP) is 2.79. The van der Waals surface area contributed by atoms with Crippen molar-refractivity contribution < 1.29 is 4.79 Å². The molecule has 2 rings (SSSR count). The fourth-order valence-electron chi connectivity index (χ4n) is 3.05. The number of Topliss-reactive ketones (excluding diaryl/α,β-unsaturated/α-hetero) is 1. The Balaban J connectivity index is 2.08. The van der Waals surface area contributed by atoms with Crippen molar-refractivity contribution in [3.05, 3.63) is 0 Å². The molecule has 0 heterocycles. The molecule has 0 aromatic heterocycles. The van der Waals surface area contributed by atoms with Gasteiger partial charge in [-0.3, -0.25) is 4.79 Å². The molecule has 0 amide bonds. The number of ketones is 1. The van der Waals surface area contributed by atoms with Gasteiger partial charge < -0.3 is 0 Å². The topological polar surface area (TPSA) is 17.1 Å². The van der Waals surface area contributed by atoms with Crippen LogP contribution in [0, 0.1) is 17.8 Å². The maximum Gasteiger partial charge on any atom is 0.135 e. The van der Waals surface area contributed by atoms with Crippen LogP contribution in [0.4, 0.5) is 0 Å². The lowest BCUT2D eigenvalue weighted by molar-refractivity contribution is -0.128. The molecule has 0 aromatic carbocycles. The molecule has 0 unspecified atom stereocenters. The Hall–Kier alpha value is -0.330. The molecule has 2 fully saturated rings. The second-order valence-electron chi connectivity index (χ2n) is 4.50. The molecule has 0 bridgehead atoms. The average molecular weight is 166 g/mol. The van der Waals surface area contributed by atoms with E-state index in [1.54, 1.807) is 0 Å². The Kier molecular flexibility index (Phi) is 2.20. The van der Waals surface area contributed by atoms with Crippen LogP contribution in [0.2, 0.25) is 0 Å². The van der Waals surface area contributed by atoms with E-state index in [0.29, 0.717) is 11.7 Å². The number of hydrogen-bond donors (Lipinski definition) is 0. The molecular formula is C11H18O. The minimum atomic E-state index is 0.379. The summed E-state index contributed by atoms with van der Waals surface area (Å²) in [5.74, 6) is 2.55. The highest BCUT2D eigenvalue weighted by Crippen LogP contribution is 2.41. The molecule has 2 aliphatic carbocycles. The third kappa shape index (κ3) is 1.30. The van der Waals surface area contributed by atoms with E-state index in [-0.39, 0.29) is 0 Å². The summed E-state index contributed by atoms with van der Waals surface area (Å²) in [5.41, 5.74) is 0. The van der Waals surface area contributed by atoms with Gasteiger partial charge in [0.15, 0.2) is 0 Å². The first-order chi connectivity index (χ1) is 5.79. The normalized spacial score (nSPS) is 42.4. The van der Waals surface area contributed by atoms with Crippen LogP contribution in [0.15, 0.2) is 0 Å². The first kappa shape index (κ1) is 8.28. The zero-order valence-electron chi connectivity index (χ0n) is 7.88. The van der Waals surface area contributed by atoms with E-state index in [1.165, 1.54) is 32.1 Å². The summed E-state index contributed by atoms with van der Waals surface area (Å²) in [6.07, 6.45) is 7.52. The van der Waals surface area contributed by atoms with Gasteiger partial charge in [0.05, 0.1) is 0 Å². The summed E-state index contributed by atoms with van der Waals surface area (Å²) >= 11 is 0. The van der Waals surface area contributed by atoms with Gasteiger partial charge in [0.2, 0.25) is 0 Å². The van der Waals surface area contributed by atoms with Gasteiger partial charge >= 0.3 is 0 Å². The highest BCUT2D eigenvalue weighted by atomic mass is 16.1. The van der Waals surface area contributed by atoms with Crippen LogP contribution in [-0.2, 0) is 4.79 Å². The maximum atomic E-state index is 11.4. The van der Waals surface area contributed by atoms with E-state index in [9.17, 15) is 4.79 Å². The summed E-state index contributed by atoms with van der Waals surface area (Å²) in [7, 11) is 0. The molecule has 1 nitrogen and oxygen atoms in total. The lowest BCUT2D eigenvalue weighted by Crippen LogP contribution is -2.35. The smallest absolute Gasteiger partial charge is 0.135 e. The van der Waals surface area contributed by atoms with E-state index in [0.717, 1.165) is 18.3 Å². The first-order valence-corrected chi connectivity index (χ1v) is 5.32. The van der Waals surface area contributed by atoms with E-state index in [2.05, 4.69) is 6.92 Å². The van der Waals surface area contributed by atoms with Crippen molar-refractivity contribution in [3.63, 3.8) is 0 Å². The van der Waals surface area contributed by atoms with Crippen LogP contribution in [0.1, 0.15) is 45.4 Å². The van der Waals surface area contributed by atoms with Crippen molar-refractivity contribution in [2.24, 2.45) is 17.8 Å². The van der Waals surface area contributed by atoms with Gasteiger partial charge in [-0.1, -0.05) is 26.2 Å². The summed E-state index contributed by atoms with van der Waals surface area (Å²) in [6, 6.07) is 0. The molecule has 3 atom stereocenters. The average Bonchev–Trinajstić information content (AvgIpc) is 2.12. The summed E-state index contributed by atoms with van der Waals surface area (Å²) in [6.45, 7) is 2.14. The molecule has 68 valence electrons. The van der Waals surface area contributed by atoms with E-state index >= 15 is 0 Å². The fraction of sp³-hybridized carbons (Fsp3) is 0.909. The SMILES string of the molecule is C[C@H]1C(=O)CC[C@H]2CCCC[C@H]21. The Morgan fingerprint density at radius 1 is 1.17 bits per heavy atom. The Labute approximate surface area is 74.5 Å². The third-order valence-electron chi connectivity index (χ3n) is 3.88. The minimum absolute atomic E-state index is 0.379. The number of carbonyl (C=O) groups excluding carboxylic acids is 1. The molecule has 12 heavy (non-hydrogen) atoms. The van der Waals surface area contributed by atoms with Gasteiger partial charge in [0, 0.05) is 12.3 Å². The number of fused-ring (bicyclic) bond motifs is 1. The van der Waals surface area contributed by atoms with Crippen molar-refractivity contribution in [2.75, 3.05) is 0 Å². The molecule has 0 aromatic rings. The van der Waals surface area contributed by atoms with Crippen LogP contribution in [0.25, 0.3) is 0 Å². The summed E-state index contributed by atoms with van der Waals surface area (Å²) in [4.78, 5) is 11.4. The minimum Gasteiger partial charge on any atom is -0.299 e. The van der Waals surface area contributed by atoms with Crippen molar-refractivity contribution in [1.29, 1.82) is 0 Å². The van der Waals surface area contributed by atoms with Crippen LogP contribution >= 0.6 is 0 Å². The number of rotatable bonds is 0. The van der Waals surface area contributed by atoms with Crippen molar-refractivity contribution in [2.45, 2.75) is 45.4 Å². The molecule has 0 saturated heterocycles. The van der Waals surface area contributed by atoms with E-state index in [4.69, 9.17) is 0 Å². The molecule has 2 aliphatic rings. The summed E-state index contributed by atoms with van der Waals surface area (Å²) in [5, 5.41) is 0. The molecule has 2 saturated carbocycles. The number of carbonyl (C=O) groups is 1. The van der Waals surface area contributed by atoms with Gasteiger partial charge in [-0.2, -0.15) is 0 Å². The first-order valence-electron chi connectivity index (χ1n) is 5.32. The van der Waals surface area contributed by atoms with Crippen LogP contribution in [0.5, 0.6) is 0 Å². The van der Waals surface area contributed by atoms with Crippen molar-refractivity contribution >= 4 is 5.78 Å². The molecule has 0 aliphatic heterocycles. The monoisotopic (exact) mass is 166 g/mol. The van der Waals surface area contributed by atoms with Crippen LogP contribution in [-0.4, -0.2) is 5.78 Å². The second-order valence-corrected chi connectivity index (χ2v) is 4.50. The zero-order chi connectivity index (χ0) is 8.55. The van der Waals surface area contributed by atoms with Crippen molar-refractivity contribution in [1.82, 2.24) is 0 Å². The lowest BCUT2D eigenvalue weighted by Gasteiger charge is -2.38. The zero-order valence-corrected chi connectivity index (χ0v) is 7.88. The van der Waals surface area contributed by atoms with Crippen molar-refractivity contribution in [3.8, 4) is 0 Å². The third-order valence-corrected chi connectivity index (χ3v) is 3.88. The maximum absolute atomic E-state index is 11.4. The highest BCUT2D eigenvalue weighted by Gasteiger charge is 2.36. The van der Waals surface area contributed by atoms with E-state index in [1.807, 2.05) is 0 Å². The molecule has 0 radical (unpaired) electrons. The van der Waals surface area contributed by atoms with Gasteiger partial charge in [-0.15, -0.1) is 0 Å². The standard InChI is InChI=1S/C11H18O/c1-8-10-5-3-2-4-9(10)6-7-11(8)12/h8-10H,2-7H2,1H3/t8-,9-,10+/m1/s1. The van der Waals surface area contributed by atoms with Crippen LogP contribution in [0.3, 0.4) is 0 Å². The Morgan fingerprint density at radius 3 is 2.75 bits per heavy atom. The molecule has 1 heteroatoms. The molecular weight excluding hydrogens is 148 g/mol. The predicted molar refractivity (Wildman–Crippen MR) is 48.9 cm³/mol. The molecule has 0 N–H and O–H groups in total.